The Hall–Kier alpha value is -0.510. The van der Waals surface area contributed by atoms with E-state index in [0.29, 0.717) is 6.04 Å². The molecule has 0 aliphatic carbocycles. The molecule has 0 amide bonds. The fraction of sp³-hybridized carbons (Fsp3) is 0.625. The molecular formula is C16H28N2S. The molecule has 3 heteroatoms. The summed E-state index contributed by atoms with van der Waals surface area (Å²) in [4.78, 5) is 2.39. The summed E-state index contributed by atoms with van der Waals surface area (Å²) in [6.45, 7) is 3.28. The molecule has 0 saturated heterocycles. The van der Waals surface area contributed by atoms with Gasteiger partial charge in [-0.1, -0.05) is 30.3 Å². The number of benzene rings is 1. The van der Waals surface area contributed by atoms with E-state index < -0.39 is 0 Å². The van der Waals surface area contributed by atoms with Gasteiger partial charge in [0.2, 0.25) is 0 Å². The molecule has 1 rings (SSSR count). The van der Waals surface area contributed by atoms with Gasteiger partial charge in [-0.05, 0) is 50.8 Å². The van der Waals surface area contributed by atoms with Crippen molar-refractivity contribution in [1.29, 1.82) is 0 Å². The second-order valence-corrected chi connectivity index (χ2v) is 6.34. The first-order chi connectivity index (χ1) is 9.13. The Labute approximate surface area is 122 Å². The second-order valence-electron chi connectivity index (χ2n) is 5.35. The predicted molar refractivity (Wildman–Crippen MR) is 87.8 cm³/mol. The molecule has 108 valence electrons. The third kappa shape index (κ3) is 7.00. The molecule has 2 nitrogen and oxygen atoms in total. The summed E-state index contributed by atoms with van der Waals surface area (Å²) in [5.74, 6) is 1.23. The zero-order chi connectivity index (χ0) is 14.1. The van der Waals surface area contributed by atoms with Gasteiger partial charge in [0, 0.05) is 18.6 Å². The Morgan fingerprint density at radius 2 is 1.89 bits per heavy atom. The van der Waals surface area contributed by atoms with E-state index in [2.05, 4.69) is 55.5 Å². The van der Waals surface area contributed by atoms with E-state index in [0.717, 1.165) is 19.4 Å². The van der Waals surface area contributed by atoms with E-state index in [1.165, 1.54) is 17.7 Å². The normalized spacial score (nSPS) is 14.6. The first kappa shape index (κ1) is 16.5. The van der Waals surface area contributed by atoms with Crippen LogP contribution in [0, 0.1) is 0 Å². The Balaban J connectivity index is 2.24. The quantitative estimate of drug-likeness (QED) is 0.754. The van der Waals surface area contributed by atoms with Crippen LogP contribution in [-0.2, 0) is 6.42 Å². The van der Waals surface area contributed by atoms with Gasteiger partial charge in [-0.3, -0.25) is 0 Å². The molecule has 0 aliphatic heterocycles. The Morgan fingerprint density at radius 1 is 1.21 bits per heavy atom. The van der Waals surface area contributed by atoms with Gasteiger partial charge >= 0.3 is 0 Å². The Morgan fingerprint density at radius 3 is 2.53 bits per heavy atom. The summed E-state index contributed by atoms with van der Waals surface area (Å²) in [7, 11) is 2.19. The van der Waals surface area contributed by atoms with Crippen LogP contribution in [0.3, 0.4) is 0 Å². The molecule has 0 fully saturated rings. The maximum Gasteiger partial charge on any atom is 0.0170 e. The van der Waals surface area contributed by atoms with Crippen LogP contribution >= 0.6 is 11.8 Å². The lowest BCUT2D eigenvalue weighted by molar-refractivity contribution is 0.234. The smallest absolute Gasteiger partial charge is 0.0170 e. The van der Waals surface area contributed by atoms with Gasteiger partial charge in [-0.15, -0.1) is 0 Å². The number of hydrogen-bond acceptors (Lipinski definition) is 3. The van der Waals surface area contributed by atoms with Crippen molar-refractivity contribution in [3.63, 3.8) is 0 Å². The highest BCUT2D eigenvalue weighted by Gasteiger charge is 2.12. The summed E-state index contributed by atoms with van der Waals surface area (Å²) in [5.41, 5.74) is 7.63. The molecule has 2 unspecified atom stereocenters. The topological polar surface area (TPSA) is 29.3 Å². The summed E-state index contributed by atoms with van der Waals surface area (Å²) >= 11 is 1.92. The van der Waals surface area contributed by atoms with Crippen molar-refractivity contribution in [2.24, 2.45) is 5.73 Å². The fourth-order valence-corrected chi connectivity index (χ4v) is 2.72. The number of thioether (sulfide) groups is 1. The highest BCUT2D eigenvalue weighted by molar-refractivity contribution is 7.98. The van der Waals surface area contributed by atoms with Crippen LogP contribution < -0.4 is 5.73 Å². The van der Waals surface area contributed by atoms with Crippen LogP contribution in [0.4, 0.5) is 0 Å². The molecule has 0 saturated carbocycles. The SMILES string of the molecule is CSCCC(C)N(C)CC(N)CCc1ccccc1. The number of nitrogens with two attached hydrogens (primary N) is 1. The van der Waals surface area contributed by atoms with Gasteiger partial charge in [0.25, 0.3) is 0 Å². The summed E-state index contributed by atoms with van der Waals surface area (Å²) < 4.78 is 0. The molecule has 0 spiro atoms. The standard InChI is InChI=1S/C16H28N2S/c1-14(11-12-19-3)18(2)13-16(17)10-9-15-7-5-4-6-8-15/h4-8,14,16H,9-13,17H2,1-3H3. The molecule has 0 heterocycles. The molecule has 1 aromatic carbocycles. The van der Waals surface area contributed by atoms with Crippen molar-refractivity contribution in [2.45, 2.75) is 38.3 Å². The number of hydrogen-bond donors (Lipinski definition) is 1. The summed E-state index contributed by atoms with van der Waals surface area (Å²) in [6, 6.07) is 11.5. The van der Waals surface area contributed by atoms with E-state index in [1.807, 2.05) is 11.8 Å². The van der Waals surface area contributed by atoms with Crippen molar-refractivity contribution in [3.05, 3.63) is 35.9 Å². The monoisotopic (exact) mass is 280 g/mol. The third-order valence-corrected chi connectivity index (χ3v) is 4.31. The van der Waals surface area contributed by atoms with E-state index in [4.69, 9.17) is 5.73 Å². The lowest BCUT2D eigenvalue weighted by atomic mass is 10.0. The van der Waals surface area contributed by atoms with Crippen LogP contribution in [0.5, 0.6) is 0 Å². The second kappa shape index (κ2) is 9.40. The predicted octanol–water partition coefficient (Wildman–Crippen LogP) is 3.02. The van der Waals surface area contributed by atoms with Gasteiger partial charge in [-0.25, -0.2) is 0 Å². The Bertz CT molecular complexity index is 329. The fourth-order valence-electron chi connectivity index (χ4n) is 2.15. The number of likely N-dealkylation sites (N-methyl/N-ethyl adjacent to an activating group) is 1. The van der Waals surface area contributed by atoms with E-state index >= 15 is 0 Å². The van der Waals surface area contributed by atoms with Crippen molar-refractivity contribution in [2.75, 3.05) is 25.6 Å². The minimum atomic E-state index is 0.266. The van der Waals surface area contributed by atoms with Crippen molar-refractivity contribution < 1.29 is 0 Å². The van der Waals surface area contributed by atoms with Crippen LogP contribution in [0.2, 0.25) is 0 Å². The lowest BCUT2D eigenvalue weighted by Gasteiger charge is -2.27. The first-order valence-electron chi connectivity index (χ1n) is 7.12. The molecule has 0 aromatic heterocycles. The zero-order valence-corrected chi connectivity index (χ0v) is 13.3. The molecule has 0 radical (unpaired) electrons. The first-order valence-corrected chi connectivity index (χ1v) is 8.51. The number of aryl methyl sites for hydroxylation is 1. The molecule has 19 heavy (non-hydrogen) atoms. The van der Waals surface area contributed by atoms with Crippen LogP contribution in [0.25, 0.3) is 0 Å². The van der Waals surface area contributed by atoms with E-state index in [-0.39, 0.29) is 6.04 Å². The molecular weight excluding hydrogens is 252 g/mol. The maximum atomic E-state index is 6.24. The molecule has 2 atom stereocenters. The van der Waals surface area contributed by atoms with Gasteiger partial charge in [0.1, 0.15) is 0 Å². The van der Waals surface area contributed by atoms with Gasteiger partial charge in [0.15, 0.2) is 0 Å². The maximum absolute atomic E-state index is 6.24. The average molecular weight is 280 g/mol. The highest BCUT2D eigenvalue weighted by Crippen LogP contribution is 2.09. The summed E-state index contributed by atoms with van der Waals surface area (Å²) in [6.07, 6.45) is 5.54. The van der Waals surface area contributed by atoms with Gasteiger partial charge in [-0.2, -0.15) is 11.8 Å². The van der Waals surface area contributed by atoms with Gasteiger partial charge in [0.05, 0.1) is 0 Å². The minimum absolute atomic E-state index is 0.266. The van der Waals surface area contributed by atoms with Gasteiger partial charge < -0.3 is 10.6 Å². The molecule has 2 N–H and O–H groups in total. The lowest BCUT2D eigenvalue weighted by Crippen LogP contribution is -2.40. The molecule has 1 aromatic rings. The average Bonchev–Trinajstić information content (AvgIpc) is 2.43. The van der Waals surface area contributed by atoms with Crippen LogP contribution in [0.1, 0.15) is 25.3 Å². The molecule has 0 aliphatic rings. The minimum Gasteiger partial charge on any atom is -0.327 e. The van der Waals surface area contributed by atoms with Crippen LogP contribution in [-0.4, -0.2) is 42.6 Å². The Kier molecular flexibility index (Phi) is 8.19. The van der Waals surface area contributed by atoms with E-state index in [9.17, 15) is 0 Å². The van der Waals surface area contributed by atoms with Crippen molar-refractivity contribution in [1.82, 2.24) is 4.90 Å². The highest BCUT2D eigenvalue weighted by atomic mass is 32.2. The number of rotatable bonds is 9. The van der Waals surface area contributed by atoms with Crippen molar-refractivity contribution >= 4 is 11.8 Å². The zero-order valence-electron chi connectivity index (χ0n) is 12.5. The van der Waals surface area contributed by atoms with Crippen LogP contribution in [0.15, 0.2) is 30.3 Å². The number of nitrogens with zero attached hydrogens (tertiary/aromatic N) is 1. The van der Waals surface area contributed by atoms with Crippen molar-refractivity contribution in [3.8, 4) is 0 Å². The molecule has 0 bridgehead atoms. The third-order valence-electron chi connectivity index (χ3n) is 3.66. The van der Waals surface area contributed by atoms with E-state index in [1.54, 1.807) is 0 Å². The largest absolute Gasteiger partial charge is 0.327 e. The summed E-state index contributed by atoms with van der Waals surface area (Å²) in [5, 5.41) is 0.